The maximum Gasteiger partial charge on any atom is 0.238 e. The van der Waals surface area contributed by atoms with Crippen molar-refractivity contribution in [3.63, 3.8) is 0 Å². The molecule has 1 unspecified atom stereocenters. The average molecular weight is 284 g/mol. The number of rotatable bonds is 2. The Morgan fingerprint density at radius 1 is 1.32 bits per heavy atom. The minimum atomic E-state index is -3.70. The van der Waals surface area contributed by atoms with Gasteiger partial charge in [0.1, 0.15) is 0 Å². The van der Waals surface area contributed by atoms with Crippen LogP contribution in [-0.2, 0) is 10.0 Å². The van der Waals surface area contributed by atoms with E-state index in [1.54, 1.807) is 12.1 Å². The Morgan fingerprint density at radius 2 is 2.00 bits per heavy atom. The second-order valence-corrected chi connectivity index (χ2v) is 6.63. The van der Waals surface area contributed by atoms with E-state index in [1.165, 1.54) is 6.07 Å². The van der Waals surface area contributed by atoms with Crippen LogP contribution in [0.2, 0.25) is 0 Å². The monoisotopic (exact) mass is 284 g/mol. The summed E-state index contributed by atoms with van der Waals surface area (Å²) < 4.78 is 22.8. The van der Waals surface area contributed by atoms with Crippen LogP contribution in [0.1, 0.15) is 6.92 Å². The van der Waals surface area contributed by atoms with Gasteiger partial charge in [0, 0.05) is 25.7 Å². The molecule has 1 aliphatic heterocycles. The fourth-order valence-electron chi connectivity index (χ4n) is 2.45. The summed E-state index contributed by atoms with van der Waals surface area (Å²) in [7, 11) is -1.63. The highest BCUT2D eigenvalue weighted by Crippen LogP contribution is 2.29. The van der Waals surface area contributed by atoms with E-state index in [4.69, 9.17) is 10.9 Å². The van der Waals surface area contributed by atoms with Gasteiger partial charge in [-0.25, -0.2) is 13.6 Å². The number of hydrogen-bond donors (Lipinski definition) is 2. The maximum atomic E-state index is 11.4. The fourth-order valence-corrected chi connectivity index (χ4v) is 2.98. The van der Waals surface area contributed by atoms with Crippen LogP contribution in [0.4, 0.5) is 11.4 Å². The van der Waals surface area contributed by atoms with E-state index in [0.29, 0.717) is 5.69 Å². The molecule has 1 aromatic carbocycles. The lowest BCUT2D eigenvalue weighted by Crippen LogP contribution is -2.50. The first-order valence-corrected chi connectivity index (χ1v) is 7.71. The lowest BCUT2D eigenvalue weighted by Gasteiger charge is -2.40. The normalized spacial score (nSPS) is 21.6. The number of hydrogen-bond acceptors (Lipinski definition) is 5. The van der Waals surface area contributed by atoms with Gasteiger partial charge >= 0.3 is 0 Å². The molecule has 1 atom stereocenters. The standard InChI is InChI=1S/C12H20N4O2S/c1-9-8-15(2)5-6-16(9)12-7-10(19(14,17)18)3-4-11(12)13/h3-4,7,9H,5-6,8,13H2,1-2H3,(H2,14,17,18). The molecule has 1 saturated heterocycles. The molecule has 0 amide bonds. The molecule has 0 spiro atoms. The fraction of sp³-hybridized carbons (Fsp3) is 0.500. The van der Waals surface area contributed by atoms with Crippen molar-refractivity contribution in [3.05, 3.63) is 18.2 Å². The summed E-state index contributed by atoms with van der Waals surface area (Å²) >= 11 is 0. The van der Waals surface area contributed by atoms with Crippen molar-refractivity contribution in [1.82, 2.24) is 4.90 Å². The van der Waals surface area contributed by atoms with Gasteiger partial charge in [0.25, 0.3) is 0 Å². The van der Waals surface area contributed by atoms with Crippen LogP contribution in [-0.4, -0.2) is 46.0 Å². The van der Waals surface area contributed by atoms with E-state index in [0.717, 1.165) is 25.3 Å². The molecule has 4 N–H and O–H groups in total. The van der Waals surface area contributed by atoms with E-state index >= 15 is 0 Å². The molecule has 0 aliphatic carbocycles. The van der Waals surface area contributed by atoms with Gasteiger partial charge in [-0.3, -0.25) is 0 Å². The Bertz CT molecular complexity index is 573. The number of primary sulfonamides is 1. The number of likely N-dealkylation sites (N-methyl/N-ethyl adjacent to an activating group) is 1. The smallest absolute Gasteiger partial charge is 0.238 e. The highest BCUT2D eigenvalue weighted by atomic mass is 32.2. The zero-order valence-corrected chi connectivity index (χ0v) is 12.0. The van der Waals surface area contributed by atoms with Crippen molar-refractivity contribution in [1.29, 1.82) is 0 Å². The van der Waals surface area contributed by atoms with Crippen LogP contribution < -0.4 is 15.8 Å². The molecule has 1 heterocycles. The summed E-state index contributed by atoms with van der Waals surface area (Å²) in [4.78, 5) is 4.47. The second kappa shape index (κ2) is 4.99. The molecular formula is C12H20N4O2S. The molecule has 1 aliphatic rings. The van der Waals surface area contributed by atoms with Crippen LogP contribution in [0, 0.1) is 0 Å². The Balaban J connectivity index is 2.39. The van der Waals surface area contributed by atoms with Crippen molar-refractivity contribution in [2.45, 2.75) is 17.9 Å². The average Bonchev–Trinajstić information content (AvgIpc) is 2.29. The first kappa shape index (κ1) is 14.1. The second-order valence-electron chi connectivity index (χ2n) is 5.07. The number of nitrogens with two attached hydrogens (primary N) is 2. The number of nitrogens with zero attached hydrogens (tertiary/aromatic N) is 2. The number of piperazine rings is 1. The topological polar surface area (TPSA) is 92.7 Å². The molecule has 2 rings (SSSR count). The van der Waals surface area contributed by atoms with Crippen molar-refractivity contribution in [2.75, 3.05) is 37.3 Å². The minimum Gasteiger partial charge on any atom is -0.397 e. The van der Waals surface area contributed by atoms with Gasteiger partial charge in [0.05, 0.1) is 16.3 Å². The first-order chi connectivity index (χ1) is 8.79. The first-order valence-electron chi connectivity index (χ1n) is 6.16. The summed E-state index contributed by atoms with van der Waals surface area (Å²) in [6.45, 7) is 4.75. The van der Waals surface area contributed by atoms with Gasteiger partial charge in [-0.2, -0.15) is 0 Å². The molecule has 6 nitrogen and oxygen atoms in total. The summed E-state index contributed by atoms with van der Waals surface area (Å²) in [5, 5.41) is 5.17. The van der Waals surface area contributed by atoms with E-state index in [1.807, 2.05) is 0 Å². The minimum absolute atomic E-state index is 0.0998. The molecule has 19 heavy (non-hydrogen) atoms. The van der Waals surface area contributed by atoms with E-state index in [-0.39, 0.29) is 10.9 Å². The van der Waals surface area contributed by atoms with Crippen molar-refractivity contribution in [2.24, 2.45) is 5.14 Å². The van der Waals surface area contributed by atoms with Crippen LogP contribution in [0.5, 0.6) is 0 Å². The molecule has 7 heteroatoms. The van der Waals surface area contributed by atoms with Gasteiger partial charge in [-0.05, 0) is 32.2 Å². The highest BCUT2D eigenvalue weighted by molar-refractivity contribution is 7.89. The van der Waals surface area contributed by atoms with Crippen molar-refractivity contribution < 1.29 is 8.42 Å². The predicted molar refractivity (Wildman–Crippen MR) is 76.5 cm³/mol. The summed E-state index contributed by atoms with van der Waals surface area (Å²) in [5.74, 6) is 0. The highest BCUT2D eigenvalue weighted by Gasteiger charge is 2.24. The van der Waals surface area contributed by atoms with E-state index in [2.05, 4.69) is 23.8 Å². The molecule has 1 fully saturated rings. The molecular weight excluding hydrogens is 264 g/mol. The predicted octanol–water partition coefficient (Wildman–Crippen LogP) is 0.0565. The molecule has 0 radical (unpaired) electrons. The zero-order chi connectivity index (χ0) is 14.2. The van der Waals surface area contributed by atoms with E-state index in [9.17, 15) is 8.42 Å². The van der Waals surface area contributed by atoms with Gasteiger partial charge in [-0.15, -0.1) is 0 Å². The van der Waals surface area contributed by atoms with Crippen LogP contribution in [0.25, 0.3) is 0 Å². The quantitative estimate of drug-likeness (QED) is 0.749. The number of benzene rings is 1. The molecule has 106 valence electrons. The third-order valence-corrected chi connectivity index (χ3v) is 4.38. The molecule has 1 aromatic rings. The number of anilines is 2. The van der Waals surface area contributed by atoms with Crippen LogP contribution >= 0.6 is 0 Å². The van der Waals surface area contributed by atoms with Crippen LogP contribution in [0.15, 0.2) is 23.1 Å². The van der Waals surface area contributed by atoms with Crippen molar-refractivity contribution >= 4 is 21.4 Å². The number of sulfonamides is 1. The van der Waals surface area contributed by atoms with Gasteiger partial charge < -0.3 is 15.5 Å². The Labute approximate surface area is 114 Å². The largest absolute Gasteiger partial charge is 0.397 e. The third-order valence-electron chi connectivity index (χ3n) is 3.47. The van der Waals surface area contributed by atoms with Crippen LogP contribution in [0.3, 0.4) is 0 Å². The van der Waals surface area contributed by atoms with Gasteiger partial charge in [0.2, 0.25) is 10.0 Å². The van der Waals surface area contributed by atoms with Crippen molar-refractivity contribution in [3.8, 4) is 0 Å². The Morgan fingerprint density at radius 3 is 2.58 bits per heavy atom. The summed E-state index contributed by atoms with van der Waals surface area (Å²) in [6, 6.07) is 4.87. The molecule has 0 aromatic heterocycles. The Hall–Kier alpha value is -1.31. The number of nitrogen functional groups attached to an aromatic ring is 1. The maximum absolute atomic E-state index is 11.4. The SMILES string of the molecule is CC1CN(C)CCN1c1cc(S(N)(=O)=O)ccc1N. The third kappa shape index (κ3) is 2.99. The summed E-state index contributed by atoms with van der Waals surface area (Å²) in [5.41, 5.74) is 7.29. The van der Waals surface area contributed by atoms with E-state index < -0.39 is 10.0 Å². The summed E-state index contributed by atoms with van der Waals surface area (Å²) in [6.07, 6.45) is 0. The molecule has 0 bridgehead atoms. The van der Waals surface area contributed by atoms with Gasteiger partial charge in [-0.1, -0.05) is 0 Å². The lowest BCUT2D eigenvalue weighted by atomic mass is 10.1. The zero-order valence-electron chi connectivity index (χ0n) is 11.2. The van der Waals surface area contributed by atoms with Gasteiger partial charge in [0.15, 0.2) is 0 Å². The lowest BCUT2D eigenvalue weighted by molar-refractivity contribution is 0.275. The Kier molecular flexibility index (Phi) is 3.71. The molecule has 0 saturated carbocycles.